The largest absolute Gasteiger partial charge is 0.368 e. The smallest absolute Gasteiger partial charge is 0.225 e. The second-order valence-electron chi connectivity index (χ2n) is 5.53. The van der Waals surface area contributed by atoms with E-state index in [0.29, 0.717) is 18.0 Å². The van der Waals surface area contributed by atoms with E-state index in [4.69, 9.17) is 0 Å². The first-order valence-corrected chi connectivity index (χ1v) is 7.00. The molecule has 2 N–H and O–H groups in total. The molecule has 0 saturated heterocycles. The van der Waals surface area contributed by atoms with Gasteiger partial charge in [0.25, 0.3) is 0 Å². The number of anilines is 2. The fourth-order valence-corrected chi connectivity index (χ4v) is 1.81. The number of nitrogens with one attached hydrogen (secondary N) is 2. The third kappa shape index (κ3) is 3.59. The molecule has 1 heterocycles. The van der Waals surface area contributed by atoms with Crippen LogP contribution in [0.25, 0.3) is 0 Å². The lowest BCUT2D eigenvalue weighted by molar-refractivity contribution is 0.749. The predicted molar refractivity (Wildman–Crippen MR) is 76.1 cm³/mol. The molecule has 0 bridgehead atoms. The highest BCUT2D eigenvalue weighted by atomic mass is 15.2. The molecule has 0 aromatic carbocycles. The highest BCUT2D eigenvalue weighted by Crippen LogP contribution is 2.39. The van der Waals surface area contributed by atoms with Gasteiger partial charge in [0.05, 0.1) is 5.69 Å². The fraction of sp³-hybridized carbons (Fsp3) is 0.714. The number of rotatable bonds is 6. The van der Waals surface area contributed by atoms with Gasteiger partial charge in [0.15, 0.2) is 0 Å². The van der Waals surface area contributed by atoms with E-state index in [2.05, 4.69) is 54.4 Å². The van der Waals surface area contributed by atoms with Gasteiger partial charge in [-0.25, -0.2) is 4.98 Å². The Morgan fingerprint density at radius 1 is 1.22 bits per heavy atom. The van der Waals surface area contributed by atoms with Crippen LogP contribution < -0.4 is 10.6 Å². The van der Waals surface area contributed by atoms with Crippen LogP contribution in [-0.2, 0) is 0 Å². The lowest BCUT2D eigenvalue weighted by Gasteiger charge is -2.15. The first-order chi connectivity index (χ1) is 8.58. The van der Waals surface area contributed by atoms with E-state index in [1.807, 2.05) is 0 Å². The van der Waals surface area contributed by atoms with Crippen molar-refractivity contribution >= 4 is 11.8 Å². The zero-order valence-electron chi connectivity index (χ0n) is 11.8. The van der Waals surface area contributed by atoms with Crippen molar-refractivity contribution in [3.63, 3.8) is 0 Å². The molecule has 0 amide bonds. The van der Waals surface area contributed by atoms with E-state index in [1.165, 1.54) is 18.5 Å². The summed E-state index contributed by atoms with van der Waals surface area (Å²) in [5.74, 6) is 2.35. The quantitative estimate of drug-likeness (QED) is 0.810. The normalized spacial score (nSPS) is 16.7. The first kappa shape index (κ1) is 13.1. The SMILES string of the molecule is CC[C@@H](C)Nc1nc(NC(C)C)cc(C2CC2)n1. The highest BCUT2D eigenvalue weighted by Gasteiger charge is 2.26. The Kier molecular flexibility index (Phi) is 4.04. The summed E-state index contributed by atoms with van der Waals surface area (Å²) in [6.07, 6.45) is 3.60. The van der Waals surface area contributed by atoms with E-state index in [9.17, 15) is 0 Å². The van der Waals surface area contributed by atoms with Gasteiger partial charge in [-0.2, -0.15) is 4.98 Å². The molecule has 1 aromatic rings. The number of hydrogen-bond donors (Lipinski definition) is 2. The lowest BCUT2D eigenvalue weighted by atomic mass is 10.2. The molecule has 1 fully saturated rings. The molecule has 100 valence electrons. The summed E-state index contributed by atoms with van der Waals surface area (Å²) in [4.78, 5) is 9.17. The molecule has 0 unspecified atom stereocenters. The first-order valence-electron chi connectivity index (χ1n) is 7.00. The Morgan fingerprint density at radius 2 is 1.94 bits per heavy atom. The maximum Gasteiger partial charge on any atom is 0.225 e. The second-order valence-corrected chi connectivity index (χ2v) is 5.53. The van der Waals surface area contributed by atoms with Gasteiger partial charge in [-0.15, -0.1) is 0 Å². The highest BCUT2D eigenvalue weighted by molar-refractivity contribution is 5.44. The Hall–Kier alpha value is -1.32. The zero-order valence-corrected chi connectivity index (χ0v) is 11.8. The third-order valence-electron chi connectivity index (χ3n) is 3.17. The van der Waals surface area contributed by atoms with Crippen molar-refractivity contribution in [1.29, 1.82) is 0 Å². The Labute approximate surface area is 110 Å². The fourth-order valence-electron chi connectivity index (χ4n) is 1.81. The minimum atomic E-state index is 0.392. The minimum Gasteiger partial charge on any atom is -0.368 e. The topological polar surface area (TPSA) is 49.8 Å². The van der Waals surface area contributed by atoms with Crippen LogP contribution >= 0.6 is 0 Å². The molecule has 2 rings (SSSR count). The number of nitrogens with zero attached hydrogens (tertiary/aromatic N) is 2. The lowest BCUT2D eigenvalue weighted by Crippen LogP contribution is -2.18. The molecular weight excluding hydrogens is 224 g/mol. The number of hydrogen-bond acceptors (Lipinski definition) is 4. The van der Waals surface area contributed by atoms with Gasteiger partial charge in [0, 0.05) is 24.1 Å². The summed E-state index contributed by atoms with van der Waals surface area (Å²) in [5.41, 5.74) is 1.18. The van der Waals surface area contributed by atoms with Crippen molar-refractivity contribution in [2.45, 2.75) is 65.0 Å². The summed E-state index contributed by atoms with van der Waals surface area (Å²) < 4.78 is 0. The van der Waals surface area contributed by atoms with E-state index in [1.54, 1.807) is 0 Å². The average molecular weight is 248 g/mol. The molecule has 0 spiro atoms. The molecule has 18 heavy (non-hydrogen) atoms. The Morgan fingerprint density at radius 3 is 2.50 bits per heavy atom. The summed E-state index contributed by atoms with van der Waals surface area (Å²) in [6.45, 7) is 8.57. The van der Waals surface area contributed by atoms with Crippen LogP contribution in [0.5, 0.6) is 0 Å². The van der Waals surface area contributed by atoms with Crippen molar-refractivity contribution in [1.82, 2.24) is 9.97 Å². The van der Waals surface area contributed by atoms with E-state index in [0.717, 1.165) is 18.2 Å². The van der Waals surface area contributed by atoms with Gasteiger partial charge < -0.3 is 10.6 Å². The van der Waals surface area contributed by atoms with Crippen LogP contribution in [0.15, 0.2) is 6.07 Å². The summed E-state index contributed by atoms with van der Waals surface area (Å²) in [5, 5.41) is 6.73. The predicted octanol–water partition coefficient (Wildman–Crippen LogP) is 3.38. The van der Waals surface area contributed by atoms with Gasteiger partial charge in [-0.3, -0.25) is 0 Å². The molecule has 4 heteroatoms. The summed E-state index contributed by atoms with van der Waals surface area (Å²) >= 11 is 0. The maximum atomic E-state index is 4.63. The van der Waals surface area contributed by atoms with Gasteiger partial charge in [0.1, 0.15) is 5.82 Å². The van der Waals surface area contributed by atoms with E-state index < -0.39 is 0 Å². The van der Waals surface area contributed by atoms with Crippen molar-refractivity contribution < 1.29 is 0 Å². The Bertz CT molecular complexity index is 399. The van der Waals surface area contributed by atoms with E-state index >= 15 is 0 Å². The van der Waals surface area contributed by atoms with Crippen molar-refractivity contribution in [2.24, 2.45) is 0 Å². The van der Waals surface area contributed by atoms with Gasteiger partial charge >= 0.3 is 0 Å². The monoisotopic (exact) mass is 248 g/mol. The van der Waals surface area contributed by atoms with Crippen LogP contribution in [-0.4, -0.2) is 22.1 Å². The minimum absolute atomic E-state index is 0.392. The molecule has 1 atom stereocenters. The summed E-state index contributed by atoms with van der Waals surface area (Å²) in [7, 11) is 0. The Balaban J connectivity index is 2.18. The average Bonchev–Trinajstić information content (AvgIpc) is 3.11. The third-order valence-corrected chi connectivity index (χ3v) is 3.17. The van der Waals surface area contributed by atoms with E-state index in [-0.39, 0.29) is 0 Å². The van der Waals surface area contributed by atoms with Crippen molar-refractivity contribution in [3.05, 3.63) is 11.8 Å². The van der Waals surface area contributed by atoms with Crippen LogP contribution in [0.1, 0.15) is 58.6 Å². The molecule has 1 saturated carbocycles. The molecule has 1 aliphatic carbocycles. The zero-order chi connectivity index (χ0) is 13.1. The van der Waals surface area contributed by atoms with Crippen molar-refractivity contribution in [3.8, 4) is 0 Å². The molecule has 0 radical (unpaired) electrons. The maximum absolute atomic E-state index is 4.63. The molecular formula is C14H24N4. The van der Waals surface area contributed by atoms with Crippen LogP contribution in [0.4, 0.5) is 11.8 Å². The number of aromatic nitrogens is 2. The second kappa shape index (κ2) is 5.55. The van der Waals surface area contributed by atoms with Crippen LogP contribution in [0, 0.1) is 0 Å². The van der Waals surface area contributed by atoms with Gasteiger partial charge in [0.2, 0.25) is 5.95 Å². The molecule has 1 aromatic heterocycles. The van der Waals surface area contributed by atoms with Crippen LogP contribution in [0.3, 0.4) is 0 Å². The molecule has 0 aliphatic heterocycles. The van der Waals surface area contributed by atoms with Crippen LogP contribution in [0.2, 0.25) is 0 Å². The van der Waals surface area contributed by atoms with Crippen molar-refractivity contribution in [2.75, 3.05) is 10.6 Å². The standard InChI is InChI=1S/C14H24N4/c1-5-10(4)16-14-17-12(11-6-7-11)8-13(18-14)15-9(2)3/h8-11H,5-7H2,1-4H3,(H2,15,16,17,18)/t10-/m1/s1. The summed E-state index contributed by atoms with van der Waals surface area (Å²) in [6, 6.07) is 2.90. The molecule has 1 aliphatic rings. The van der Waals surface area contributed by atoms with Gasteiger partial charge in [-0.1, -0.05) is 6.92 Å². The molecule has 4 nitrogen and oxygen atoms in total. The van der Waals surface area contributed by atoms with Gasteiger partial charge in [-0.05, 0) is 40.0 Å².